The van der Waals surface area contributed by atoms with Gasteiger partial charge in [-0.25, -0.2) is 0 Å². The molecule has 0 spiro atoms. The molecular weight excluding hydrogens is 905 g/mol. The third kappa shape index (κ3) is 30.3. The van der Waals surface area contributed by atoms with Gasteiger partial charge in [-0.1, -0.05) is 92.0 Å². The summed E-state index contributed by atoms with van der Waals surface area (Å²) in [6, 6.07) is 4.56. The minimum atomic E-state index is -0.881. The highest BCUT2D eigenvalue weighted by atomic mass is 33.1. The molecule has 67 heavy (non-hydrogen) atoms. The van der Waals surface area contributed by atoms with Gasteiger partial charge >= 0.3 is 0 Å². The van der Waals surface area contributed by atoms with Crippen LogP contribution in [0.25, 0.3) is 0 Å². The van der Waals surface area contributed by atoms with Gasteiger partial charge in [0.05, 0.1) is 51.7 Å². The van der Waals surface area contributed by atoms with Gasteiger partial charge in [-0.05, 0) is 49.8 Å². The molecule has 5 amide bonds. The number of amides is 5. The van der Waals surface area contributed by atoms with Gasteiger partial charge in [0.25, 0.3) is 0 Å². The lowest BCUT2D eigenvalue weighted by atomic mass is 9.87. The molecule has 0 aliphatic carbocycles. The molecule has 9 N–H and O–H groups in total. The van der Waals surface area contributed by atoms with E-state index in [1.165, 1.54) is 78.7 Å². The van der Waals surface area contributed by atoms with Crippen molar-refractivity contribution < 1.29 is 57.6 Å². The third-order valence-corrected chi connectivity index (χ3v) is 13.4. The zero-order valence-corrected chi connectivity index (χ0v) is 41.2. The Morgan fingerprint density at radius 2 is 1.27 bits per heavy atom. The van der Waals surface area contributed by atoms with Gasteiger partial charge < -0.3 is 56.8 Å². The minimum absolute atomic E-state index is 0.0430. The third-order valence-electron chi connectivity index (χ3n) is 10.9. The minimum Gasteiger partial charge on any atom is -0.508 e. The van der Waals surface area contributed by atoms with Crippen LogP contribution in [0.3, 0.4) is 0 Å². The van der Waals surface area contributed by atoms with Crippen LogP contribution in [0.4, 0.5) is 0 Å². The van der Waals surface area contributed by atoms with E-state index in [1.807, 2.05) is 0 Å². The Balaban J connectivity index is 1.51. The van der Waals surface area contributed by atoms with E-state index in [0.717, 1.165) is 18.4 Å². The van der Waals surface area contributed by atoms with E-state index in [0.29, 0.717) is 51.3 Å². The number of nitrogens with two attached hydrogens (primary N) is 2. The Labute approximate surface area is 404 Å². The van der Waals surface area contributed by atoms with Crippen LogP contribution < -0.4 is 32.7 Å². The number of ether oxygens (including phenoxy) is 4. The number of aromatic hydroxyl groups is 1. The highest BCUT2D eigenvalue weighted by Gasteiger charge is 2.32. The van der Waals surface area contributed by atoms with Crippen molar-refractivity contribution in [3.8, 4) is 5.75 Å². The largest absolute Gasteiger partial charge is 0.508 e. The first-order valence-corrected chi connectivity index (χ1v) is 26.4. The second-order valence-corrected chi connectivity index (χ2v) is 19.3. The molecule has 1 saturated heterocycles. The summed E-state index contributed by atoms with van der Waals surface area (Å²) >= 11 is 0. The second-order valence-electron chi connectivity index (χ2n) is 16.7. The number of carbonyl (C=O) groups excluding carboxylic acids is 7. The maximum Gasteiger partial charge on any atom is 0.246 e. The average Bonchev–Trinajstić information content (AvgIpc) is 3.32. The Morgan fingerprint density at radius 1 is 0.716 bits per heavy atom. The quantitative estimate of drug-likeness (QED) is 0.0372. The van der Waals surface area contributed by atoms with Crippen LogP contribution in [-0.4, -0.2) is 142 Å². The van der Waals surface area contributed by atoms with E-state index in [9.17, 15) is 38.7 Å². The molecule has 0 bridgehead atoms. The maximum absolute atomic E-state index is 13.6. The van der Waals surface area contributed by atoms with Crippen LogP contribution in [0, 0.1) is 11.8 Å². The Bertz CT molecular complexity index is 1590. The van der Waals surface area contributed by atoms with Gasteiger partial charge in [-0.3, -0.25) is 33.6 Å². The summed E-state index contributed by atoms with van der Waals surface area (Å²) in [7, 11) is 2.69. The summed E-state index contributed by atoms with van der Waals surface area (Å²) in [5, 5.41) is 20.7. The standard InChI is InChI=1S/C47H78N6O12S2/c1-2-3-4-5-6-7-8-9-10-14-43(57)51-20-22-62-24-27-65-32-45(59)52-21-23-63-25-26-64-31-44(58)50-19-12-11-13-40-42(56)30-37(33-66-67-34-39(48)47(61)53-40)41(55)29-36(46(49)60)28-35-15-17-38(54)18-16-35/h15-18,36-37,39-40,54H,2-14,19-34,48H2,1H3,(H2,49,60)(H,50,58)(H,51,57)(H,52,59)(H,53,61)/t36-,37+,39+,40+/m1/s1. The normalized spacial score (nSPS) is 17.2. The molecule has 1 aliphatic heterocycles. The number of Topliss-reactive ketones (excluding diaryl/α,β-unsaturated/α-hetero) is 2. The fourth-order valence-corrected chi connectivity index (χ4v) is 9.42. The first-order valence-electron chi connectivity index (χ1n) is 23.9. The number of benzene rings is 1. The van der Waals surface area contributed by atoms with Crippen molar-refractivity contribution in [3.63, 3.8) is 0 Å². The fourth-order valence-electron chi connectivity index (χ4n) is 6.95. The van der Waals surface area contributed by atoms with Gasteiger partial charge in [0.1, 0.15) is 24.7 Å². The lowest BCUT2D eigenvalue weighted by molar-refractivity contribution is -0.132. The summed E-state index contributed by atoms with van der Waals surface area (Å²) in [5.41, 5.74) is 12.5. The van der Waals surface area contributed by atoms with Crippen LogP contribution in [0.15, 0.2) is 24.3 Å². The van der Waals surface area contributed by atoms with Crippen LogP contribution in [-0.2, 0) is 58.9 Å². The number of hydrogen-bond acceptors (Lipinski definition) is 15. The van der Waals surface area contributed by atoms with Crippen LogP contribution >= 0.6 is 21.6 Å². The lowest BCUT2D eigenvalue weighted by Crippen LogP contribution is -2.49. The zero-order chi connectivity index (χ0) is 48.9. The predicted molar refractivity (Wildman–Crippen MR) is 260 cm³/mol. The molecule has 1 aromatic rings. The Hall–Kier alpha value is -3.79. The number of unbranched alkanes of at least 4 members (excludes halogenated alkanes) is 9. The van der Waals surface area contributed by atoms with Crippen molar-refractivity contribution in [1.29, 1.82) is 0 Å². The lowest BCUT2D eigenvalue weighted by Gasteiger charge is -2.22. The van der Waals surface area contributed by atoms with Crippen molar-refractivity contribution in [2.75, 3.05) is 84.0 Å². The molecule has 1 heterocycles. The van der Waals surface area contributed by atoms with E-state index >= 15 is 0 Å². The van der Waals surface area contributed by atoms with Gasteiger partial charge in [0.2, 0.25) is 29.5 Å². The number of phenolic OH excluding ortho intramolecular Hbond substituents is 1. The fraction of sp³-hybridized carbons (Fsp3) is 0.723. The van der Waals surface area contributed by atoms with E-state index in [-0.39, 0.29) is 113 Å². The molecule has 0 saturated carbocycles. The molecule has 1 aromatic carbocycles. The number of phenols is 1. The van der Waals surface area contributed by atoms with Crippen molar-refractivity contribution in [2.24, 2.45) is 23.3 Å². The first-order chi connectivity index (χ1) is 32.4. The Kier molecular flexibility index (Phi) is 33.7. The van der Waals surface area contributed by atoms with Crippen molar-refractivity contribution in [3.05, 3.63) is 29.8 Å². The van der Waals surface area contributed by atoms with Gasteiger partial charge in [0, 0.05) is 62.2 Å². The topological polar surface area (TPSA) is 277 Å². The first kappa shape index (κ1) is 59.3. The monoisotopic (exact) mass is 983 g/mol. The molecule has 20 heteroatoms. The van der Waals surface area contributed by atoms with E-state index in [2.05, 4.69) is 28.2 Å². The number of rotatable bonds is 37. The highest BCUT2D eigenvalue weighted by molar-refractivity contribution is 8.76. The van der Waals surface area contributed by atoms with Gasteiger partial charge in [-0.2, -0.15) is 0 Å². The summed E-state index contributed by atoms with van der Waals surface area (Å²) in [6.45, 7) is 4.51. The van der Waals surface area contributed by atoms with Gasteiger partial charge in [-0.15, -0.1) is 0 Å². The summed E-state index contributed by atoms with van der Waals surface area (Å²) in [4.78, 5) is 88.4. The van der Waals surface area contributed by atoms with Gasteiger partial charge in [0.15, 0.2) is 5.78 Å². The second kappa shape index (κ2) is 38.1. The SMILES string of the molecule is CCCCCCCCCCCC(=O)NCCOCCOCC(=O)NCCOCCOCC(=O)NCCCC[C@@H]1NC(=O)[C@@H](N)CSSC[C@@H](C(=O)C[C@@H](Cc2ccc(O)cc2)C(N)=O)CC1=O. The van der Waals surface area contributed by atoms with Crippen LogP contribution in [0.5, 0.6) is 5.75 Å². The molecular formula is C47H78N6O12S2. The molecule has 0 radical (unpaired) electrons. The van der Waals surface area contributed by atoms with E-state index in [1.54, 1.807) is 12.1 Å². The van der Waals surface area contributed by atoms with Crippen LogP contribution in [0.2, 0.25) is 0 Å². The molecule has 0 aromatic heterocycles. The van der Waals surface area contributed by atoms with Crippen molar-refractivity contribution in [1.82, 2.24) is 21.3 Å². The molecule has 4 atom stereocenters. The smallest absolute Gasteiger partial charge is 0.246 e. The molecule has 1 fully saturated rings. The number of primary amides is 1. The number of hydrogen-bond donors (Lipinski definition) is 7. The number of nitrogens with one attached hydrogen (secondary N) is 4. The zero-order valence-electron chi connectivity index (χ0n) is 39.5. The van der Waals surface area contributed by atoms with E-state index in [4.69, 9.17) is 30.4 Å². The molecule has 2 rings (SSSR count). The molecule has 18 nitrogen and oxygen atoms in total. The van der Waals surface area contributed by atoms with Crippen molar-refractivity contribution >= 4 is 62.7 Å². The Morgan fingerprint density at radius 3 is 1.88 bits per heavy atom. The summed E-state index contributed by atoms with van der Waals surface area (Å²) < 4.78 is 21.6. The highest BCUT2D eigenvalue weighted by Crippen LogP contribution is 2.29. The predicted octanol–water partition coefficient (Wildman–Crippen LogP) is 3.28. The van der Waals surface area contributed by atoms with Crippen LogP contribution in [0.1, 0.15) is 109 Å². The maximum atomic E-state index is 13.6. The number of ketones is 2. The molecule has 1 aliphatic rings. The molecule has 0 unspecified atom stereocenters. The average molecular weight is 983 g/mol. The molecule has 380 valence electrons. The van der Waals surface area contributed by atoms with E-state index < -0.39 is 35.7 Å². The summed E-state index contributed by atoms with van der Waals surface area (Å²) in [5.74, 6) is -3.11. The van der Waals surface area contributed by atoms with Crippen molar-refractivity contribution in [2.45, 2.75) is 122 Å². The summed E-state index contributed by atoms with van der Waals surface area (Å²) in [6.07, 6.45) is 12.7. The number of carbonyl (C=O) groups is 7.